The quantitative estimate of drug-likeness (QED) is 0.728. The summed E-state index contributed by atoms with van der Waals surface area (Å²) >= 11 is 0. The van der Waals surface area contributed by atoms with Gasteiger partial charge in [-0.15, -0.1) is 0 Å². The first kappa shape index (κ1) is 10.6. The Morgan fingerprint density at radius 3 is 2.53 bits per heavy atom. The second kappa shape index (κ2) is 4.13. The maximum atomic E-state index is 6.16. The number of hydrogen-bond donors (Lipinski definition) is 0. The third-order valence-electron chi connectivity index (χ3n) is 3.83. The van der Waals surface area contributed by atoms with E-state index >= 15 is 0 Å². The minimum absolute atomic E-state index is 0.157. The number of rotatable bonds is 1. The minimum Gasteiger partial charge on any atom is -0.484 e. The predicted octanol–water partition coefficient (Wildman–Crippen LogP) is 4.32. The minimum atomic E-state index is 0.157. The van der Waals surface area contributed by atoms with Gasteiger partial charge in [0.2, 0.25) is 0 Å². The van der Waals surface area contributed by atoms with Crippen LogP contribution >= 0.6 is 0 Å². The molecular formula is C18H14O. The second-order valence-electron chi connectivity index (χ2n) is 4.97. The molecule has 2 aliphatic rings. The molecule has 0 aromatic heterocycles. The summed E-state index contributed by atoms with van der Waals surface area (Å²) in [6.07, 6.45) is 8.69. The Morgan fingerprint density at radius 2 is 1.63 bits per heavy atom. The highest BCUT2D eigenvalue weighted by molar-refractivity contribution is 5.74. The molecule has 1 heteroatoms. The van der Waals surface area contributed by atoms with Crippen molar-refractivity contribution >= 4 is 0 Å². The summed E-state index contributed by atoms with van der Waals surface area (Å²) in [6.45, 7) is 0. The van der Waals surface area contributed by atoms with Gasteiger partial charge in [0, 0.05) is 17.0 Å². The van der Waals surface area contributed by atoms with Gasteiger partial charge in [-0.05, 0) is 11.6 Å². The van der Waals surface area contributed by atoms with Crippen molar-refractivity contribution in [2.24, 2.45) is 0 Å². The van der Waals surface area contributed by atoms with E-state index in [1.54, 1.807) is 0 Å². The SMILES string of the molecule is C1=CC2Oc3c(-c4ccccc4)cccc3C2C=C1. The molecule has 0 radical (unpaired) electrons. The highest BCUT2D eigenvalue weighted by Gasteiger charge is 2.33. The number of allylic oxidation sites excluding steroid dienone is 2. The van der Waals surface area contributed by atoms with Crippen molar-refractivity contribution in [3.63, 3.8) is 0 Å². The second-order valence-corrected chi connectivity index (χ2v) is 4.97. The van der Waals surface area contributed by atoms with Gasteiger partial charge in [-0.1, -0.05) is 66.8 Å². The van der Waals surface area contributed by atoms with Crippen LogP contribution in [-0.4, -0.2) is 6.10 Å². The third-order valence-corrected chi connectivity index (χ3v) is 3.83. The smallest absolute Gasteiger partial charge is 0.132 e. The number of benzene rings is 2. The molecule has 0 amide bonds. The first-order valence-corrected chi connectivity index (χ1v) is 6.63. The number of para-hydroxylation sites is 1. The van der Waals surface area contributed by atoms with E-state index in [0.717, 1.165) is 5.75 Å². The van der Waals surface area contributed by atoms with Crippen molar-refractivity contribution in [2.75, 3.05) is 0 Å². The van der Waals surface area contributed by atoms with E-state index in [1.807, 2.05) is 6.07 Å². The predicted molar refractivity (Wildman–Crippen MR) is 77.3 cm³/mol. The number of hydrogen-bond acceptors (Lipinski definition) is 1. The highest BCUT2D eigenvalue weighted by atomic mass is 16.5. The normalized spacial score (nSPS) is 22.7. The summed E-state index contributed by atoms with van der Waals surface area (Å²) in [7, 11) is 0. The lowest BCUT2D eigenvalue weighted by molar-refractivity contribution is 0.270. The molecule has 1 aliphatic heterocycles. The topological polar surface area (TPSA) is 9.23 Å². The summed E-state index contributed by atoms with van der Waals surface area (Å²) in [4.78, 5) is 0. The van der Waals surface area contributed by atoms with Crippen LogP contribution in [0.1, 0.15) is 11.5 Å². The van der Waals surface area contributed by atoms with Crippen molar-refractivity contribution in [2.45, 2.75) is 12.0 Å². The Morgan fingerprint density at radius 1 is 0.789 bits per heavy atom. The first-order chi connectivity index (χ1) is 9.43. The average Bonchev–Trinajstić information content (AvgIpc) is 2.87. The Balaban J connectivity index is 1.87. The summed E-state index contributed by atoms with van der Waals surface area (Å²) in [5.74, 6) is 1.41. The first-order valence-electron chi connectivity index (χ1n) is 6.63. The fourth-order valence-electron chi connectivity index (χ4n) is 2.91. The fourth-order valence-corrected chi connectivity index (χ4v) is 2.91. The summed E-state index contributed by atoms with van der Waals surface area (Å²) in [5, 5.41) is 0. The van der Waals surface area contributed by atoms with Crippen LogP contribution in [0.3, 0.4) is 0 Å². The zero-order valence-electron chi connectivity index (χ0n) is 10.5. The molecule has 1 heterocycles. The van der Waals surface area contributed by atoms with Gasteiger partial charge in [0.25, 0.3) is 0 Å². The zero-order chi connectivity index (χ0) is 12.7. The average molecular weight is 246 g/mol. The molecule has 1 nitrogen and oxygen atoms in total. The van der Waals surface area contributed by atoms with Crippen LogP contribution < -0.4 is 4.74 Å². The van der Waals surface area contributed by atoms with Gasteiger partial charge in [-0.3, -0.25) is 0 Å². The Bertz CT molecular complexity index is 667. The van der Waals surface area contributed by atoms with Crippen LogP contribution in [-0.2, 0) is 0 Å². The van der Waals surface area contributed by atoms with Crippen LogP contribution in [0, 0.1) is 0 Å². The van der Waals surface area contributed by atoms with Crippen molar-refractivity contribution in [3.05, 3.63) is 78.4 Å². The number of fused-ring (bicyclic) bond motifs is 3. The molecule has 2 unspecified atom stereocenters. The monoisotopic (exact) mass is 246 g/mol. The van der Waals surface area contributed by atoms with Gasteiger partial charge in [0.15, 0.2) is 0 Å². The van der Waals surface area contributed by atoms with E-state index in [-0.39, 0.29) is 6.10 Å². The lowest BCUT2D eigenvalue weighted by atomic mass is 9.90. The molecule has 2 atom stereocenters. The van der Waals surface area contributed by atoms with Crippen LogP contribution in [0.2, 0.25) is 0 Å². The van der Waals surface area contributed by atoms with Gasteiger partial charge >= 0.3 is 0 Å². The van der Waals surface area contributed by atoms with Gasteiger partial charge in [0.05, 0.1) is 0 Å². The Labute approximate surface area is 112 Å². The zero-order valence-corrected chi connectivity index (χ0v) is 10.5. The summed E-state index contributed by atoms with van der Waals surface area (Å²) in [6, 6.07) is 16.9. The van der Waals surface area contributed by atoms with Crippen molar-refractivity contribution in [1.29, 1.82) is 0 Å². The van der Waals surface area contributed by atoms with Crippen LogP contribution in [0.25, 0.3) is 11.1 Å². The molecule has 0 saturated carbocycles. The Kier molecular flexibility index (Phi) is 2.31. The molecule has 0 saturated heterocycles. The van der Waals surface area contributed by atoms with Crippen LogP contribution in [0.15, 0.2) is 72.8 Å². The molecular weight excluding hydrogens is 232 g/mol. The van der Waals surface area contributed by atoms with Crippen LogP contribution in [0.4, 0.5) is 0 Å². The fraction of sp³-hybridized carbons (Fsp3) is 0.111. The van der Waals surface area contributed by atoms with E-state index in [0.29, 0.717) is 5.92 Å². The maximum absolute atomic E-state index is 6.16. The molecule has 1 aliphatic carbocycles. The van der Waals surface area contributed by atoms with Gasteiger partial charge < -0.3 is 4.74 Å². The highest BCUT2D eigenvalue weighted by Crippen LogP contribution is 2.46. The molecule has 0 bridgehead atoms. The standard InChI is InChI=1S/C18H14O/c1-2-7-13(8-3-1)14-10-6-11-16-15-9-4-5-12-17(15)19-18(14)16/h1-12,15,17H. The van der Waals surface area contributed by atoms with E-state index in [9.17, 15) is 0 Å². The molecule has 0 spiro atoms. The third kappa shape index (κ3) is 1.62. The Hall–Kier alpha value is -2.28. The van der Waals surface area contributed by atoms with Crippen LogP contribution in [0.5, 0.6) is 5.75 Å². The van der Waals surface area contributed by atoms with E-state index in [2.05, 4.69) is 66.8 Å². The van der Waals surface area contributed by atoms with E-state index < -0.39 is 0 Å². The lowest BCUT2D eigenvalue weighted by Crippen LogP contribution is -2.15. The van der Waals surface area contributed by atoms with Crippen molar-refractivity contribution in [1.82, 2.24) is 0 Å². The van der Waals surface area contributed by atoms with E-state index in [1.165, 1.54) is 16.7 Å². The summed E-state index contributed by atoms with van der Waals surface area (Å²) < 4.78 is 6.16. The molecule has 92 valence electrons. The van der Waals surface area contributed by atoms with Gasteiger partial charge in [0.1, 0.15) is 11.9 Å². The van der Waals surface area contributed by atoms with Crippen molar-refractivity contribution < 1.29 is 4.74 Å². The molecule has 0 N–H and O–H groups in total. The molecule has 2 aromatic rings. The van der Waals surface area contributed by atoms with Gasteiger partial charge in [-0.25, -0.2) is 0 Å². The van der Waals surface area contributed by atoms with Gasteiger partial charge in [-0.2, -0.15) is 0 Å². The molecule has 4 rings (SSSR count). The molecule has 19 heavy (non-hydrogen) atoms. The maximum Gasteiger partial charge on any atom is 0.132 e. The lowest BCUT2D eigenvalue weighted by Gasteiger charge is -2.14. The largest absolute Gasteiger partial charge is 0.484 e. The summed E-state index contributed by atoms with van der Waals surface area (Å²) in [5.41, 5.74) is 3.70. The molecule has 0 fully saturated rings. The number of ether oxygens (including phenoxy) is 1. The molecule has 2 aromatic carbocycles. The van der Waals surface area contributed by atoms with E-state index in [4.69, 9.17) is 4.74 Å². The van der Waals surface area contributed by atoms with Crippen molar-refractivity contribution in [3.8, 4) is 16.9 Å².